The van der Waals surface area contributed by atoms with E-state index in [0.717, 1.165) is 0 Å². The van der Waals surface area contributed by atoms with E-state index in [9.17, 15) is 18.0 Å². The number of rotatable bonds is 6. The maximum absolute atomic E-state index is 11.6. The number of hydrogen-bond donors (Lipinski definition) is 2. The number of carbonyl (C=O) groups excluding carboxylic acids is 1. The van der Waals surface area contributed by atoms with Crippen molar-refractivity contribution < 1.29 is 27.8 Å². The molecule has 1 atom stereocenters. The Morgan fingerprint density at radius 3 is 2.60 bits per heavy atom. The maximum Gasteiger partial charge on any atom is 0.411 e. The SMILES string of the molecule is CC(CO)NC(=O)CCOCC(F)(F)F. The second-order valence-electron chi connectivity index (χ2n) is 3.07. The molecular formula is C8H14F3NO3. The summed E-state index contributed by atoms with van der Waals surface area (Å²) in [4.78, 5) is 11.0. The van der Waals surface area contributed by atoms with Gasteiger partial charge in [0, 0.05) is 12.5 Å². The van der Waals surface area contributed by atoms with Crippen LogP contribution in [0.2, 0.25) is 0 Å². The Morgan fingerprint density at radius 2 is 2.13 bits per heavy atom. The lowest BCUT2D eigenvalue weighted by Gasteiger charge is -2.11. The lowest BCUT2D eigenvalue weighted by Crippen LogP contribution is -2.35. The summed E-state index contributed by atoms with van der Waals surface area (Å²) in [7, 11) is 0. The molecular weight excluding hydrogens is 215 g/mol. The lowest BCUT2D eigenvalue weighted by atomic mass is 10.3. The Morgan fingerprint density at radius 1 is 1.53 bits per heavy atom. The molecule has 90 valence electrons. The highest BCUT2D eigenvalue weighted by Gasteiger charge is 2.27. The zero-order valence-electron chi connectivity index (χ0n) is 8.30. The quantitative estimate of drug-likeness (QED) is 0.650. The molecule has 0 aromatic carbocycles. The van der Waals surface area contributed by atoms with Crippen LogP contribution in [-0.2, 0) is 9.53 Å². The van der Waals surface area contributed by atoms with Crippen molar-refractivity contribution >= 4 is 5.91 Å². The normalized spacial score (nSPS) is 13.7. The van der Waals surface area contributed by atoms with Crippen LogP contribution in [0.5, 0.6) is 0 Å². The molecule has 2 N–H and O–H groups in total. The Labute approximate surface area is 85.4 Å². The number of hydrogen-bond acceptors (Lipinski definition) is 3. The fourth-order valence-corrected chi connectivity index (χ4v) is 0.745. The zero-order valence-corrected chi connectivity index (χ0v) is 8.30. The van der Waals surface area contributed by atoms with Gasteiger partial charge in [0.1, 0.15) is 6.61 Å². The topological polar surface area (TPSA) is 58.6 Å². The third-order valence-corrected chi connectivity index (χ3v) is 1.42. The first-order valence-electron chi connectivity index (χ1n) is 4.40. The van der Waals surface area contributed by atoms with E-state index >= 15 is 0 Å². The van der Waals surface area contributed by atoms with Crippen molar-refractivity contribution in [2.24, 2.45) is 0 Å². The van der Waals surface area contributed by atoms with Crippen molar-refractivity contribution in [1.82, 2.24) is 5.32 Å². The number of nitrogens with one attached hydrogen (secondary N) is 1. The van der Waals surface area contributed by atoms with E-state index in [1.54, 1.807) is 6.92 Å². The first kappa shape index (κ1) is 14.2. The van der Waals surface area contributed by atoms with Gasteiger partial charge in [-0.05, 0) is 6.92 Å². The van der Waals surface area contributed by atoms with E-state index < -0.39 is 24.7 Å². The molecule has 0 bridgehead atoms. The number of halogens is 3. The summed E-state index contributed by atoms with van der Waals surface area (Å²) >= 11 is 0. The minimum Gasteiger partial charge on any atom is -0.394 e. The first-order valence-corrected chi connectivity index (χ1v) is 4.40. The molecule has 0 heterocycles. The van der Waals surface area contributed by atoms with E-state index in [1.165, 1.54) is 0 Å². The largest absolute Gasteiger partial charge is 0.411 e. The van der Waals surface area contributed by atoms with Gasteiger partial charge in [-0.1, -0.05) is 0 Å². The third kappa shape index (κ3) is 9.48. The summed E-state index contributed by atoms with van der Waals surface area (Å²) in [6.45, 7) is -0.275. The number of aliphatic hydroxyl groups is 1. The van der Waals surface area contributed by atoms with Gasteiger partial charge in [-0.2, -0.15) is 13.2 Å². The molecule has 0 spiro atoms. The molecule has 1 unspecified atom stereocenters. The molecule has 0 aromatic rings. The Bertz CT molecular complexity index is 196. The van der Waals surface area contributed by atoms with Crippen molar-refractivity contribution in [3.8, 4) is 0 Å². The van der Waals surface area contributed by atoms with Gasteiger partial charge in [0.05, 0.1) is 13.2 Å². The molecule has 4 nitrogen and oxygen atoms in total. The summed E-state index contributed by atoms with van der Waals surface area (Å²) < 4.78 is 39.0. The highest BCUT2D eigenvalue weighted by molar-refractivity contribution is 5.76. The molecule has 0 fully saturated rings. The Hall–Kier alpha value is -0.820. The summed E-state index contributed by atoms with van der Waals surface area (Å²) in [6.07, 6.45) is -4.52. The third-order valence-electron chi connectivity index (χ3n) is 1.42. The summed E-state index contributed by atoms with van der Waals surface area (Å²) in [5.41, 5.74) is 0. The van der Waals surface area contributed by atoms with Crippen LogP contribution in [0, 0.1) is 0 Å². The molecule has 0 saturated heterocycles. The second-order valence-corrected chi connectivity index (χ2v) is 3.07. The van der Waals surface area contributed by atoms with Crippen molar-refractivity contribution in [3.63, 3.8) is 0 Å². The molecule has 0 aliphatic carbocycles. The predicted octanol–water partition coefficient (Wildman–Crippen LogP) is 0.452. The molecule has 15 heavy (non-hydrogen) atoms. The van der Waals surface area contributed by atoms with Gasteiger partial charge in [-0.3, -0.25) is 4.79 Å². The molecule has 0 aliphatic rings. The number of aliphatic hydroxyl groups excluding tert-OH is 1. The smallest absolute Gasteiger partial charge is 0.394 e. The van der Waals surface area contributed by atoms with Gasteiger partial charge in [0.2, 0.25) is 5.91 Å². The summed E-state index contributed by atoms with van der Waals surface area (Å²) in [5, 5.41) is 10.9. The fourth-order valence-electron chi connectivity index (χ4n) is 0.745. The van der Waals surface area contributed by atoms with Crippen LogP contribution in [0.1, 0.15) is 13.3 Å². The van der Waals surface area contributed by atoms with Crippen molar-refractivity contribution in [1.29, 1.82) is 0 Å². The first-order chi connectivity index (χ1) is 6.85. The van der Waals surface area contributed by atoms with E-state index in [4.69, 9.17) is 5.11 Å². The van der Waals surface area contributed by atoms with Crippen LogP contribution >= 0.6 is 0 Å². The molecule has 0 radical (unpaired) electrons. The average molecular weight is 229 g/mol. The van der Waals surface area contributed by atoms with Gasteiger partial charge in [0.25, 0.3) is 0 Å². The summed E-state index contributed by atoms with van der Waals surface area (Å²) in [6, 6.07) is -0.403. The minimum atomic E-state index is -4.37. The number of ether oxygens (including phenoxy) is 1. The Kier molecular flexibility index (Phi) is 6.26. The highest BCUT2D eigenvalue weighted by Crippen LogP contribution is 2.14. The van der Waals surface area contributed by atoms with E-state index in [2.05, 4.69) is 10.1 Å². The number of alkyl halides is 3. The minimum absolute atomic E-state index is 0.152. The van der Waals surface area contributed by atoms with Crippen molar-refractivity contribution in [3.05, 3.63) is 0 Å². The zero-order chi connectivity index (χ0) is 11.9. The van der Waals surface area contributed by atoms with Crippen molar-refractivity contribution in [2.45, 2.75) is 25.6 Å². The molecule has 0 saturated carbocycles. The maximum atomic E-state index is 11.6. The van der Waals surface area contributed by atoms with Crippen LogP contribution in [0.3, 0.4) is 0 Å². The van der Waals surface area contributed by atoms with Gasteiger partial charge in [0.15, 0.2) is 0 Å². The molecule has 0 aromatic heterocycles. The van der Waals surface area contributed by atoms with Crippen LogP contribution in [0.4, 0.5) is 13.2 Å². The van der Waals surface area contributed by atoms with E-state index in [-0.39, 0.29) is 19.6 Å². The highest BCUT2D eigenvalue weighted by atomic mass is 19.4. The predicted molar refractivity (Wildman–Crippen MR) is 46.2 cm³/mol. The standard InChI is InChI=1S/C8H14F3NO3/c1-6(4-13)12-7(14)2-3-15-5-8(9,10)11/h6,13H,2-5H2,1H3,(H,12,14). The van der Waals surface area contributed by atoms with E-state index in [0.29, 0.717) is 0 Å². The van der Waals surface area contributed by atoms with Crippen LogP contribution in [-0.4, -0.2) is 43.1 Å². The van der Waals surface area contributed by atoms with Crippen LogP contribution < -0.4 is 5.32 Å². The fraction of sp³-hybridized carbons (Fsp3) is 0.875. The summed E-state index contributed by atoms with van der Waals surface area (Å²) in [5.74, 6) is -0.446. The van der Waals surface area contributed by atoms with Gasteiger partial charge >= 0.3 is 6.18 Å². The van der Waals surface area contributed by atoms with Gasteiger partial charge < -0.3 is 15.2 Å². The molecule has 0 rings (SSSR count). The Balaban J connectivity index is 3.48. The molecule has 1 amide bonds. The molecule has 7 heteroatoms. The number of amides is 1. The molecule has 0 aliphatic heterocycles. The van der Waals surface area contributed by atoms with Crippen LogP contribution in [0.25, 0.3) is 0 Å². The monoisotopic (exact) mass is 229 g/mol. The van der Waals surface area contributed by atoms with E-state index in [1.807, 2.05) is 0 Å². The average Bonchev–Trinajstić information content (AvgIpc) is 2.11. The number of carbonyl (C=O) groups is 1. The van der Waals surface area contributed by atoms with Gasteiger partial charge in [-0.15, -0.1) is 0 Å². The van der Waals surface area contributed by atoms with Crippen molar-refractivity contribution in [2.75, 3.05) is 19.8 Å². The van der Waals surface area contributed by atoms with Gasteiger partial charge in [-0.25, -0.2) is 0 Å². The lowest BCUT2D eigenvalue weighted by molar-refractivity contribution is -0.174. The second kappa shape index (κ2) is 6.62. The van der Waals surface area contributed by atoms with Crippen LogP contribution in [0.15, 0.2) is 0 Å².